The van der Waals surface area contributed by atoms with Crippen LogP contribution in [0.1, 0.15) is 0 Å². The van der Waals surface area contributed by atoms with E-state index in [1.807, 2.05) is 36.4 Å². The van der Waals surface area contributed by atoms with E-state index in [4.69, 9.17) is 9.97 Å². The summed E-state index contributed by atoms with van der Waals surface area (Å²) in [4.78, 5) is 14.6. The molecule has 0 unspecified atom stereocenters. The largest absolute Gasteiger partial charge is 0.309 e. The topological polar surface area (TPSA) is 43.6 Å². The molecule has 4 heteroatoms. The van der Waals surface area contributed by atoms with Gasteiger partial charge in [-0.15, -0.1) is 0 Å². The van der Waals surface area contributed by atoms with Gasteiger partial charge in [0.25, 0.3) is 0 Å². The Morgan fingerprint density at radius 2 is 1.00 bits per heavy atom. The van der Waals surface area contributed by atoms with E-state index in [1.165, 1.54) is 27.2 Å². The maximum atomic E-state index is 5.28. The number of para-hydroxylation sites is 3. The predicted octanol–water partition coefficient (Wildman–Crippen LogP) is 11.9. The predicted molar refractivity (Wildman–Crippen MR) is 211 cm³/mol. The highest BCUT2D eigenvalue weighted by Gasteiger charge is 2.19. The van der Waals surface area contributed by atoms with Gasteiger partial charge in [0.1, 0.15) is 0 Å². The normalized spacial score (nSPS) is 11.5. The van der Waals surface area contributed by atoms with E-state index in [2.05, 4.69) is 149 Å². The Bertz CT molecular complexity index is 2880. The fourth-order valence-electron chi connectivity index (χ4n) is 7.48. The first kappa shape index (κ1) is 29.0. The fourth-order valence-corrected chi connectivity index (χ4v) is 7.48. The monoisotopic (exact) mass is 650 g/mol. The Hall–Kier alpha value is -6.91. The first-order valence-corrected chi connectivity index (χ1v) is 17.2. The Kier molecular flexibility index (Phi) is 6.78. The molecule has 10 rings (SSSR count). The molecule has 238 valence electrons. The maximum Gasteiger partial charge on any atom is 0.0893 e. The van der Waals surface area contributed by atoms with E-state index in [0.29, 0.717) is 0 Å². The zero-order chi connectivity index (χ0) is 33.7. The van der Waals surface area contributed by atoms with Gasteiger partial charge in [0.15, 0.2) is 0 Å². The smallest absolute Gasteiger partial charge is 0.0893 e. The Labute approximate surface area is 295 Å². The second kappa shape index (κ2) is 11.9. The van der Waals surface area contributed by atoms with Crippen molar-refractivity contribution in [2.45, 2.75) is 0 Å². The molecule has 0 aliphatic rings. The van der Waals surface area contributed by atoms with E-state index in [1.54, 1.807) is 6.20 Å². The van der Waals surface area contributed by atoms with Crippen LogP contribution in [-0.4, -0.2) is 19.5 Å². The molecular formula is C47H30N4. The first-order chi connectivity index (χ1) is 25.3. The molecule has 0 N–H and O–H groups in total. The molecule has 51 heavy (non-hydrogen) atoms. The summed E-state index contributed by atoms with van der Waals surface area (Å²) in [6.45, 7) is 0. The summed E-state index contributed by atoms with van der Waals surface area (Å²) in [6, 6.07) is 61.8. The molecule has 10 aromatic rings. The number of hydrogen-bond donors (Lipinski definition) is 0. The quantitative estimate of drug-likeness (QED) is 0.174. The van der Waals surface area contributed by atoms with Gasteiger partial charge in [0, 0.05) is 49.9 Å². The minimum atomic E-state index is 0.866. The SMILES string of the molecule is c1ccc(-n2c3ccccc3c3c4c(ccc32)c(-c2ccc(-c3ccc(-c5cccc(-c6ccccn6)n5)cc3)cc2)nc2ccccc24)cc1. The summed E-state index contributed by atoms with van der Waals surface area (Å²) < 4.78 is 2.38. The molecule has 0 saturated carbocycles. The van der Waals surface area contributed by atoms with Gasteiger partial charge >= 0.3 is 0 Å². The molecule has 4 nitrogen and oxygen atoms in total. The van der Waals surface area contributed by atoms with Crippen molar-refractivity contribution in [3.05, 3.63) is 182 Å². The lowest BCUT2D eigenvalue weighted by Crippen LogP contribution is -1.94. The van der Waals surface area contributed by atoms with Gasteiger partial charge in [-0.3, -0.25) is 4.98 Å². The van der Waals surface area contributed by atoms with E-state index < -0.39 is 0 Å². The molecule has 4 aromatic heterocycles. The number of rotatable bonds is 5. The Balaban J connectivity index is 1.07. The molecule has 6 aromatic carbocycles. The lowest BCUT2D eigenvalue weighted by atomic mass is 9.95. The van der Waals surface area contributed by atoms with Gasteiger partial charge in [0.2, 0.25) is 0 Å². The van der Waals surface area contributed by atoms with Crippen LogP contribution in [0.2, 0.25) is 0 Å². The van der Waals surface area contributed by atoms with E-state index >= 15 is 0 Å². The molecule has 0 aliphatic carbocycles. The average Bonchev–Trinajstić information content (AvgIpc) is 3.56. The summed E-state index contributed by atoms with van der Waals surface area (Å²) >= 11 is 0. The van der Waals surface area contributed by atoms with Crippen LogP contribution in [0.5, 0.6) is 0 Å². The number of benzene rings is 6. The third-order valence-corrected chi connectivity index (χ3v) is 9.86. The minimum Gasteiger partial charge on any atom is -0.309 e. The van der Waals surface area contributed by atoms with Gasteiger partial charge in [0.05, 0.1) is 39.3 Å². The molecule has 0 radical (unpaired) electrons. The van der Waals surface area contributed by atoms with Crippen LogP contribution < -0.4 is 0 Å². The number of aromatic nitrogens is 4. The van der Waals surface area contributed by atoms with Crippen LogP contribution in [0.4, 0.5) is 0 Å². The standard InChI is InChI=1S/C47H30N4/c1-2-11-35(12-3-1)51-43-19-7-5-14-37(43)46-44(51)29-28-38-45(46)36-13-4-6-15-40(36)50-47(38)34-26-22-32(23-27-34)31-20-24-33(25-21-31)39-17-10-18-42(49-39)41-16-8-9-30-48-41/h1-30H. The van der Waals surface area contributed by atoms with Crippen LogP contribution in [0.15, 0.2) is 182 Å². The number of hydrogen-bond acceptors (Lipinski definition) is 3. The summed E-state index contributed by atoms with van der Waals surface area (Å²) in [5, 5.41) is 6.04. The van der Waals surface area contributed by atoms with Gasteiger partial charge in [-0.05, 0) is 65.7 Å². The third-order valence-electron chi connectivity index (χ3n) is 9.86. The van der Waals surface area contributed by atoms with Crippen LogP contribution in [-0.2, 0) is 0 Å². The molecule has 0 atom stereocenters. The summed E-state index contributed by atoms with van der Waals surface area (Å²) in [5.74, 6) is 0. The number of nitrogens with zero attached hydrogens (tertiary/aromatic N) is 4. The number of pyridine rings is 3. The summed E-state index contributed by atoms with van der Waals surface area (Å²) in [5.41, 5.74) is 12.6. The van der Waals surface area contributed by atoms with Crippen molar-refractivity contribution in [3.8, 4) is 50.7 Å². The van der Waals surface area contributed by atoms with E-state index in [9.17, 15) is 0 Å². The maximum absolute atomic E-state index is 5.28. The highest BCUT2D eigenvalue weighted by Crippen LogP contribution is 2.42. The molecule has 0 spiro atoms. The zero-order valence-corrected chi connectivity index (χ0v) is 27.6. The Morgan fingerprint density at radius 3 is 1.78 bits per heavy atom. The van der Waals surface area contributed by atoms with Gasteiger partial charge in [-0.2, -0.15) is 0 Å². The fraction of sp³-hybridized carbons (Fsp3) is 0. The van der Waals surface area contributed by atoms with Crippen molar-refractivity contribution in [2.75, 3.05) is 0 Å². The second-order valence-electron chi connectivity index (χ2n) is 12.8. The van der Waals surface area contributed by atoms with Crippen LogP contribution >= 0.6 is 0 Å². The average molecular weight is 651 g/mol. The number of fused-ring (bicyclic) bond motifs is 7. The lowest BCUT2D eigenvalue weighted by molar-refractivity contribution is 1.18. The molecule has 0 fully saturated rings. The van der Waals surface area contributed by atoms with Crippen molar-refractivity contribution >= 4 is 43.5 Å². The van der Waals surface area contributed by atoms with E-state index in [-0.39, 0.29) is 0 Å². The van der Waals surface area contributed by atoms with Crippen LogP contribution in [0.3, 0.4) is 0 Å². The van der Waals surface area contributed by atoms with Crippen LogP contribution in [0.25, 0.3) is 94.2 Å². The van der Waals surface area contributed by atoms with Gasteiger partial charge in [-0.1, -0.05) is 121 Å². The second-order valence-corrected chi connectivity index (χ2v) is 12.8. The molecule has 0 aliphatic heterocycles. The summed E-state index contributed by atoms with van der Waals surface area (Å²) in [6.07, 6.45) is 1.80. The molecular weight excluding hydrogens is 621 g/mol. The van der Waals surface area contributed by atoms with E-state index in [0.717, 1.165) is 67.0 Å². The summed E-state index contributed by atoms with van der Waals surface area (Å²) in [7, 11) is 0. The van der Waals surface area contributed by atoms with Gasteiger partial charge in [-0.25, -0.2) is 9.97 Å². The molecule has 0 saturated heterocycles. The van der Waals surface area contributed by atoms with Crippen molar-refractivity contribution in [1.82, 2.24) is 19.5 Å². The lowest BCUT2D eigenvalue weighted by Gasteiger charge is -2.13. The van der Waals surface area contributed by atoms with Crippen molar-refractivity contribution in [3.63, 3.8) is 0 Å². The highest BCUT2D eigenvalue weighted by molar-refractivity contribution is 6.29. The Morgan fingerprint density at radius 1 is 0.353 bits per heavy atom. The zero-order valence-electron chi connectivity index (χ0n) is 27.6. The first-order valence-electron chi connectivity index (χ1n) is 17.2. The van der Waals surface area contributed by atoms with Crippen molar-refractivity contribution in [2.24, 2.45) is 0 Å². The molecule has 0 bridgehead atoms. The minimum absolute atomic E-state index is 0.866. The van der Waals surface area contributed by atoms with Crippen molar-refractivity contribution < 1.29 is 0 Å². The van der Waals surface area contributed by atoms with Crippen LogP contribution in [0, 0.1) is 0 Å². The molecule has 4 heterocycles. The van der Waals surface area contributed by atoms with Crippen molar-refractivity contribution in [1.29, 1.82) is 0 Å². The third kappa shape index (κ3) is 4.88. The molecule has 0 amide bonds. The highest BCUT2D eigenvalue weighted by atomic mass is 15.0. The van der Waals surface area contributed by atoms with Gasteiger partial charge < -0.3 is 4.57 Å².